The number of nitrogens with two attached hydrogens (primary N) is 1. The number of hydrogen-bond donors (Lipinski definition) is 2. The molecule has 0 aliphatic heterocycles. The van der Waals surface area contributed by atoms with Gasteiger partial charge in [-0.15, -0.1) is 0 Å². The van der Waals surface area contributed by atoms with Crippen molar-refractivity contribution in [1.82, 2.24) is 4.57 Å². The third-order valence-corrected chi connectivity index (χ3v) is 5.20. The topological polar surface area (TPSA) is 94.2 Å². The van der Waals surface area contributed by atoms with Gasteiger partial charge in [0.05, 0.1) is 22.7 Å². The van der Waals surface area contributed by atoms with Crippen LogP contribution in [0.2, 0.25) is 5.02 Å². The normalized spacial score (nSPS) is 12.6. The zero-order valence-corrected chi connectivity index (χ0v) is 17.2. The summed E-state index contributed by atoms with van der Waals surface area (Å²) in [4.78, 5) is 36.6. The summed E-state index contributed by atoms with van der Waals surface area (Å²) in [5.74, 6) is -3.10. The number of amides is 2. The lowest BCUT2D eigenvalue weighted by atomic mass is 10.1. The van der Waals surface area contributed by atoms with Crippen molar-refractivity contribution in [3.05, 3.63) is 74.9 Å². The van der Waals surface area contributed by atoms with Crippen LogP contribution in [0, 0.1) is 5.82 Å². The first-order valence-electron chi connectivity index (χ1n) is 9.19. The van der Waals surface area contributed by atoms with E-state index in [0.717, 1.165) is 16.7 Å². The molecular weight excluding hydrogens is 454 g/mol. The molecule has 0 fully saturated rings. The first-order valence-corrected chi connectivity index (χ1v) is 9.56. The molecule has 0 aliphatic rings. The van der Waals surface area contributed by atoms with E-state index in [1.165, 1.54) is 31.3 Å². The molecule has 3 rings (SSSR count). The van der Waals surface area contributed by atoms with E-state index in [1.807, 2.05) is 0 Å². The average molecular weight is 470 g/mol. The first-order chi connectivity index (χ1) is 14.9. The van der Waals surface area contributed by atoms with Crippen LogP contribution in [-0.4, -0.2) is 16.4 Å². The Kier molecular flexibility index (Phi) is 6.27. The molecule has 168 valence electrons. The molecule has 1 aromatic heterocycles. The Labute approximate surface area is 183 Å². The van der Waals surface area contributed by atoms with Crippen LogP contribution in [0.4, 0.5) is 23.2 Å². The third-order valence-electron chi connectivity index (χ3n) is 4.89. The van der Waals surface area contributed by atoms with Crippen molar-refractivity contribution in [2.45, 2.75) is 25.6 Å². The van der Waals surface area contributed by atoms with Gasteiger partial charge in [-0.25, -0.2) is 4.39 Å². The van der Waals surface area contributed by atoms with Gasteiger partial charge in [0.2, 0.25) is 11.8 Å². The van der Waals surface area contributed by atoms with E-state index in [1.54, 1.807) is 0 Å². The van der Waals surface area contributed by atoms with Gasteiger partial charge in [0.15, 0.2) is 0 Å². The van der Waals surface area contributed by atoms with E-state index < -0.39 is 53.0 Å². The van der Waals surface area contributed by atoms with Crippen molar-refractivity contribution in [2.75, 3.05) is 5.32 Å². The maximum atomic E-state index is 14.2. The summed E-state index contributed by atoms with van der Waals surface area (Å²) in [6.45, 7) is 1.44. The highest BCUT2D eigenvalue weighted by molar-refractivity contribution is 6.35. The molecule has 0 saturated heterocycles. The molecule has 1 unspecified atom stereocenters. The van der Waals surface area contributed by atoms with Gasteiger partial charge in [0, 0.05) is 17.0 Å². The van der Waals surface area contributed by atoms with Crippen LogP contribution in [0.25, 0.3) is 10.8 Å². The highest BCUT2D eigenvalue weighted by Crippen LogP contribution is 2.33. The highest BCUT2D eigenvalue weighted by atomic mass is 35.5. The summed E-state index contributed by atoms with van der Waals surface area (Å²) >= 11 is 6.15. The number of pyridine rings is 1. The number of carbonyl (C=O) groups excluding carboxylic acids is 2. The number of aromatic nitrogens is 1. The van der Waals surface area contributed by atoms with Crippen molar-refractivity contribution in [1.29, 1.82) is 0 Å². The monoisotopic (exact) mass is 469 g/mol. The largest absolute Gasteiger partial charge is 0.419 e. The smallest absolute Gasteiger partial charge is 0.368 e. The summed E-state index contributed by atoms with van der Waals surface area (Å²) in [7, 11) is 0. The minimum absolute atomic E-state index is 0.0255. The Balaban J connectivity index is 1.97. The number of hydrogen-bond acceptors (Lipinski definition) is 3. The molecule has 1 heterocycles. The van der Waals surface area contributed by atoms with Crippen LogP contribution in [-0.2, 0) is 22.2 Å². The zero-order valence-electron chi connectivity index (χ0n) is 16.5. The first kappa shape index (κ1) is 23.3. The molecule has 0 saturated carbocycles. The Morgan fingerprint density at radius 3 is 2.47 bits per heavy atom. The number of fused-ring (bicyclic) bond motifs is 1. The molecule has 11 heteroatoms. The van der Waals surface area contributed by atoms with Crippen molar-refractivity contribution in [3.8, 4) is 0 Å². The molecule has 2 aromatic carbocycles. The zero-order chi connectivity index (χ0) is 23.8. The number of carbonyl (C=O) groups is 2. The Hall–Kier alpha value is -3.40. The Bertz CT molecular complexity index is 1290. The maximum absolute atomic E-state index is 14.2. The van der Waals surface area contributed by atoms with Crippen LogP contribution >= 0.6 is 11.6 Å². The molecule has 32 heavy (non-hydrogen) atoms. The quantitative estimate of drug-likeness (QED) is 0.552. The fourth-order valence-electron chi connectivity index (χ4n) is 3.18. The summed E-state index contributed by atoms with van der Waals surface area (Å²) in [6.07, 6.45) is -4.30. The fourth-order valence-corrected chi connectivity index (χ4v) is 3.39. The second kappa shape index (κ2) is 8.62. The van der Waals surface area contributed by atoms with Crippen molar-refractivity contribution >= 4 is 39.9 Å². The summed E-state index contributed by atoms with van der Waals surface area (Å²) in [5.41, 5.74) is 2.78. The molecular formula is C21H16ClF4N3O3. The van der Waals surface area contributed by atoms with Gasteiger partial charge in [-0.05, 0) is 36.8 Å². The predicted molar refractivity (Wildman–Crippen MR) is 111 cm³/mol. The maximum Gasteiger partial charge on any atom is 0.419 e. The minimum atomic E-state index is -4.91. The van der Waals surface area contributed by atoms with Crippen molar-refractivity contribution < 1.29 is 27.2 Å². The van der Waals surface area contributed by atoms with Gasteiger partial charge in [-0.3, -0.25) is 14.4 Å². The second-order valence-corrected chi connectivity index (χ2v) is 7.40. The Morgan fingerprint density at radius 1 is 1.16 bits per heavy atom. The molecule has 0 radical (unpaired) electrons. The number of alkyl halides is 3. The van der Waals surface area contributed by atoms with Gasteiger partial charge in [-0.2, -0.15) is 13.2 Å². The Morgan fingerprint density at radius 2 is 1.84 bits per heavy atom. The van der Waals surface area contributed by atoms with Crippen LogP contribution < -0.4 is 16.6 Å². The van der Waals surface area contributed by atoms with Gasteiger partial charge in [-0.1, -0.05) is 23.7 Å². The fraction of sp³-hybridized carbons (Fsp3) is 0.190. The van der Waals surface area contributed by atoms with E-state index in [4.69, 9.17) is 17.3 Å². The molecule has 0 bridgehead atoms. The predicted octanol–water partition coefficient (Wildman–Crippen LogP) is 4.04. The number of rotatable bonds is 5. The number of benzene rings is 2. The van der Waals surface area contributed by atoms with Crippen LogP contribution in [0.15, 0.2) is 47.4 Å². The minimum Gasteiger partial charge on any atom is -0.368 e. The molecule has 3 N–H and O–H groups in total. The van der Waals surface area contributed by atoms with Crippen LogP contribution in [0.5, 0.6) is 0 Å². The molecule has 6 nitrogen and oxygen atoms in total. The molecule has 1 atom stereocenters. The van der Waals surface area contributed by atoms with Crippen LogP contribution in [0.3, 0.4) is 0 Å². The number of nitrogens with one attached hydrogen (secondary N) is 1. The number of primary amides is 1. The molecule has 0 spiro atoms. The van der Waals surface area contributed by atoms with Gasteiger partial charge >= 0.3 is 6.18 Å². The molecule has 0 aliphatic carbocycles. The summed E-state index contributed by atoms with van der Waals surface area (Å²) < 4.78 is 54.0. The highest BCUT2D eigenvalue weighted by Gasteiger charge is 2.35. The average Bonchev–Trinajstić information content (AvgIpc) is 2.70. The van der Waals surface area contributed by atoms with E-state index in [2.05, 4.69) is 5.32 Å². The van der Waals surface area contributed by atoms with Gasteiger partial charge in [0.1, 0.15) is 11.9 Å². The SMILES string of the molecule is CC(C(N)=O)n1ccc2c(NC(=O)Cc3cccc(C(F)(F)F)c3F)c(Cl)ccc2c1=O. The third kappa shape index (κ3) is 4.45. The number of nitrogens with zero attached hydrogens (tertiary/aromatic N) is 1. The van der Waals surface area contributed by atoms with E-state index in [-0.39, 0.29) is 21.5 Å². The molecule has 3 aromatic rings. The van der Waals surface area contributed by atoms with E-state index >= 15 is 0 Å². The lowest BCUT2D eigenvalue weighted by molar-refractivity contribution is -0.140. The second-order valence-electron chi connectivity index (χ2n) is 6.99. The summed E-state index contributed by atoms with van der Waals surface area (Å²) in [5, 5.41) is 2.82. The standard InChI is InChI=1S/C21H16ClF4N3O3/c1-10(19(27)31)29-8-7-12-13(20(29)32)5-6-15(22)18(12)28-16(30)9-11-3-2-4-14(17(11)23)21(24,25)26/h2-8,10H,9H2,1H3,(H2,27,31)(H,28,30). The number of halogens is 5. The molecule has 2 amide bonds. The van der Waals surface area contributed by atoms with Crippen molar-refractivity contribution in [2.24, 2.45) is 5.73 Å². The summed E-state index contributed by atoms with van der Waals surface area (Å²) in [6, 6.07) is 5.89. The van der Waals surface area contributed by atoms with Gasteiger partial charge < -0.3 is 15.6 Å². The van der Waals surface area contributed by atoms with Gasteiger partial charge in [0.25, 0.3) is 5.56 Å². The van der Waals surface area contributed by atoms with Crippen molar-refractivity contribution in [3.63, 3.8) is 0 Å². The lowest BCUT2D eigenvalue weighted by Gasteiger charge is -2.15. The lowest BCUT2D eigenvalue weighted by Crippen LogP contribution is -2.31. The van der Waals surface area contributed by atoms with E-state index in [0.29, 0.717) is 6.07 Å². The van der Waals surface area contributed by atoms with Crippen LogP contribution in [0.1, 0.15) is 24.1 Å². The number of anilines is 1. The van der Waals surface area contributed by atoms with E-state index in [9.17, 15) is 31.9 Å².